The Morgan fingerprint density at radius 3 is 2.38 bits per heavy atom. The van der Waals surface area contributed by atoms with Gasteiger partial charge in [-0.1, -0.05) is 24.3 Å². The normalized spacial score (nSPS) is 11.0. The summed E-state index contributed by atoms with van der Waals surface area (Å²) in [5.41, 5.74) is 3.43. The number of hydrogen-bond donors (Lipinski definition) is 1. The lowest BCUT2D eigenvalue weighted by molar-refractivity contribution is -0.136. The minimum atomic E-state index is -0.837. The Morgan fingerprint density at radius 1 is 1.04 bits per heavy atom. The molecule has 0 aliphatic rings. The van der Waals surface area contributed by atoms with Gasteiger partial charge in [-0.05, 0) is 35.4 Å². The number of benzene rings is 2. The number of aliphatic carboxylic acids is 1. The van der Waals surface area contributed by atoms with Gasteiger partial charge in [0.2, 0.25) is 0 Å². The van der Waals surface area contributed by atoms with Crippen molar-refractivity contribution in [1.29, 1.82) is 0 Å². The molecule has 0 amide bonds. The summed E-state index contributed by atoms with van der Waals surface area (Å²) in [6.45, 7) is 0.442. The molecule has 3 aromatic rings. The van der Waals surface area contributed by atoms with Gasteiger partial charge in [-0.2, -0.15) is 10.2 Å². The lowest BCUT2D eigenvalue weighted by atomic mass is 10.1. The molecule has 1 aromatic heterocycles. The van der Waals surface area contributed by atoms with Crippen molar-refractivity contribution in [3.63, 3.8) is 0 Å². The van der Waals surface area contributed by atoms with E-state index >= 15 is 0 Å². The first-order valence-electron chi connectivity index (χ1n) is 7.37. The predicted molar refractivity (Wildman–Crippen MR) is 87.9 cm³/mol. The third-order valence-electron chi connectivity index (χ3n) is 3.40. The van der Waals surface area contributed by atoms with Crippen molar-refractivity contribution in [2.24, 2.45) is 10.2 Å². The summed E-state index contributed by atoms with van der Waals surface area (Å²) in [5, 5.41) is 17.1. The molecule has 2 aromatic carbocycles. The highest BCUT2D eigenvalue weighted by atomic mass is 16.4. The molecule has 24 heavy (non-hydrogen) atoms. The van der Waals surface area contributed by atoms with Crippen LogP contribution in [-0.2, 0) is 17.8 Å². The molecule has 0 saturated carbocycles. The van der Waals surface area contributed by atoms with Crippen molar-refractivity contribution in [3.8, 4) is 11.3 Å². The number of carbonyl (C=O) groups is 1. The molecule has 0 fully saturated rings. The van der Waals surface area contributed by atoms with E-state index in [-0.39, 0.29) is 6.42 Å². The molecule has 1 heterocycles. The standard InChI is InChI=1S/C18H15N3O3/c22-18(23)9-13-1-3-14(4-2-13)10-20-21-16-7-5-15(6-8-16)17-11-19-12-24-17/h1-8,11-12H,9-10H2,(H,22,23). The fourth-order valence-electron chi connectivity index (χ4n) is 2.19. The van der Waals surface area contributed by atoms with E-state index < -0.39 is 5.97 Å². The van der Waals surface area contributed by atoms with Gasteiger partial charge in [0.25, 0.3) is 0 Å². The number of oxazole rings is 1. The molecule has 6 heteroatoms. The van der Waals surface area contributed by atoms with Gasteiger partial charge in [-0.25, -0.2) is 4.98 Å². The third-order valence-corrected chi connectivity index (χ3v) is 3.40. The lowest BCUT2D eigenvalue weighted by Crippen LogP contribution is -1.99. The van der Waals surface area contributed by atoms with Crippen LogP contribution in [0.2, 0.25) is 0 Å². The van der Waals surface area contributed by atoms with E-state index in [1.165, 1.54) is 6.39 Å². The smallest absolute Gasteiger partial charge is 0.307 e. The van der Waals surface area contributed by atoms with Crippen LogP contribution in [0.1, 0.15) is 11.1 Å². The number of carboxylic acid groups (broad SMARTS) is 1. The molecule has 0 bridgehead atoms. The van der Waals surface area contributed by atoms with Crippen LogP contribution in [0.15, 0.2) is 75.8 Å². The Kier molecular flexibility index (Phi) is 4.76. The van der Waals surface area contributed by atoms with E-state index in [1.807, 2.05) is 36.4 Å². The molecule has 0 saturated heterocycles. The molecule has 0 unspecified atom stereocenters. The second-order valence-electron chi connectivity index (χ2n) is 5.20. The number of carboxylic acids is 1. The number of nitrogens with zero attached hydrogens (tertiary/aromatic N) is 3. The van der Waals surface area contributed by atoms with Crippen molar-refractivity contribution in [2.45, 2.75) is 13.0 Å². The quantitative estimate of drug-likeness (QED) is 0.687. The Labute approximate surface area is 138 Å². The Hall–Kier alpha value is -3.28. The average molecular weight is 321 g/mol. The maximum absolute atomic E-state index is 10.6. The molecule has 0 aliphatic carbocycles. The van der Waals surface area contributed by atoms with Crippen molar-refractivity contribution in [1.82, 2.24) is 4.98 Å². The molecule has 0 radical (unpaired) electrons. The maximum Gasteiger partial charge on any atom is 0.307 e. The van der Waals surface area contributed by atoms with Gasteiger partial charge in [-0.15, -0.1) is 0 Å². The molecule has 0 spiro atoms. The van der Waals surface area contributed by atoms with E-state index in [0.717, 1.165) is 22.4 Å². The molecule has 1 N–H and O–H groups in total. The number of aromatic nitrogens is 1. The second kappa shape index (κ2) is 7.32. The van der Waals surface area contributed by atoms with Crippen molar-refractivity contribution in [2.75, 3.05) is 0 Å². The summed E-state index contributed by atoms with van der Waals surface area (Å²) in [6.07, 6.45) is 3.08. The summed E-state index contributed by atoms with van der Waals surface area (Å²) in [5.74, 6) is -0.129. The topological polar surface area (TPSA) is 88.0 Å². The van der Waals surface area contributed by atoms with Crippen LogP contribution < -0.4 is 0 Å². The van der Waals surface area contributed by atoms with Gasteiger partial charge in [-0.3, -0.25) is 4.79 Å². The Morgan fingerprint density at radius 2 is 1.75 bits per heavy atom. The van der Waals surface area contributed by atoms with Crippen LogP contribution >= 0.6 is 0 Å². The van der Waals surface area contributed by atoms with E-state index in [4.69, 9.17) is 9.52 Å². The monoisotopic (exact) mass is 321 g/mol. The van der Waals surface area contributed by atoms with Crippen LogP contribution in [0.3, 0.4) is 0 Å². The Balaban J connectivity index is 1.59. The zero-order chi connectivity index (χ0) is 16.8. The summed E-state index contributed by atoms with van der Waals surface area (Å²) < 4.78 is 5.23. The molecule has 0 aliphatic heterocycles. The molecular weight excluding hydrogens is 306 g/mol. The fraction of sp³-hybridized carbons (Fsp3) is 0.111. The summed E-state index contributed by atoms with van der Waals surface area (Å²) in [4.78, 5) is 14.5. The highest BCUT2D eigenvalue weighted by Gasteiger charge is 2.01. The number of hydrogen-bond acceptors (Lipinski definition) is 5. The molecule has 6 nitrogen and oxygen atoms in total. The van der Waals surface area contributed by atoms with Gasteiger partial charge in [0.1, 0.15) is 0 Å². The van der Waals surface area contributed by atoms with E-state index in [2.05, 4.69) is 15.2 Å². The minimum Gasteiger partial charge on any atom is -0.481 e. The number of rotatable bonds is 6. The highest BCUT2D eigenvalue weighted by Crippen LogP contribution is 2.22. The van der Waals surface area contributed by atoms with Crippen LogP contribution in [0.4, 0.5) is 5.69 Å². The largest absolute Gasteiger partial charge is 0.481 e. The van der Waals surface area contributed by atoms with E-state index in [1.54, 1.807) is 18.3 Å². The predicted octanol–water partition coefficient (Wildman–Crippen LogP) is 4.25. The van der Waals surface area contributed by atoms with Gasteiger partial charge < -0.3 is 9.52 Å². The van der Waals surface area contributed by atoms with E-state index in [0.29, 0.717) is 12.3 Å². The summed E-state index contributed by atoms with van der Waals surface area (Å²) >= 11 is 0. The van der Waals surface area contributed by atoms with Gasteiger partial charge in [0, 0.05) is 5.56 Å². The van der Waals surface area contributed by atoms with Crippen LogP contribution in [0.25, 0.3) is 11.3 Å². The first kappa shape index (κ1) is 15.6. The van der Waals surface area contributed by atoms with Crippen LogP contribution in [0, 0.1) is 0 Å². The minimum absolute atomic E-state index is 0.0271. The van der Waals surface area contributed by atoms with Crippen LogP contribution in [0.5, 0.6) is 0 Å². The first-order valence-corrected chi connectivity index (χ1v) is 7.37. The van der Waals surface area contributed by atoms with Crippen molar-refractivity contribution in [3.05, 3.63) is 72.2 Å². The summed E-state index contributed by atoms with van der Waals surface area (Å²) in [7, 11) is 0. The second-order valence-corrected chi connectivity index (χ2v) is 5.20. The van der Waals surface area contributed by atoms with Gasteiger partial charge in [0.15, 0.2) is 12.2 Å². The zero-order valence-corrected chi connectivity index (χ0v) is 12.8. The molecular formula is C18H15N3O3. The van der Waals surface area contributed by atoms with Crippen LogP contribution in [-0.4, -0.2) is 16.1 Å². The fourth-order valence-corrected chi connectivity index (χ4v) is 2.19. The van der Waals surface area contributed by atoms with Gasteiger partial charge in [0.05, 0.1) is 24.8 Å². The average Bonchev–Trinajstić information content (AvgIpc) is 3.11. The number of azo groups is 1. The zero-order valence-electron chi connectivity index (χ0n) is 12.8. The van der Waals surface area contributed by atoms with E-state index in [9.17, 15) is 4.79 Å². The molecule has 120 valence electrons. The maximum atomic E-state index is 10.6. The van der Waals surface area contributed by atoms with Gasteiger partial charge >= 0.3 is 5.97 Å². The first-order chi connectivity index (χ1) is 11.7. The lowest BCUT2D eigenvalue weighted by Gasteiger charge is -2.00. The summed E-state index contributed by atoms with van der Waals surface area (Å²) in [6, 6.07) is 14.8. The molecule has 3 rings (SSSR count). The third kappa shape index (κ3) is 4.13. The Bertz CT molecular complexity index is 823. The molecule has 0 atom stereocenters. The van der Waals surface area contributed by atoms with Crippen molar-refractivity contribution >= 4 is 11.7 Å². The highest BCUT2D eigenvalue weighted by molar-refractivity contribution is 5.70. The SMILES string of the molecule is O=C(O)Cc1ccc(CN=Nc2ccc(-c3cnco3)cc2)cc1. The van der Waals surface area contributed by atoms with Crippen molar-refractivity contribution < 1.29 is 14.3 Å².